The Morgan fingerprint density at radius 2 is 1.93 bits per heavy atom. The van der Waals surface area contributed by atoms with Crippen LogP contribution in [0.1, 0.15) is 28.8 Å². The number of aromatic nitrogens is 2. The Morgan fingerprint density at radius 3 is 2.63 bits per heavy atom. The van der Waals surface area contributed by atoms with Crippen molar-refractivity contribution < 1.29 is 8.42 Å². The van der Waals surface area contributed by atoms with E-state index < -0.39 is 10.0 Å². The van der Waals surface area contributed by atoms with E-state index in [2.05, 4.69) is 16.0 Å². The molecule has 0 bridgehead atoms. The third-order valence-corrected chi connectivity index (χ3v) is 5.94. The second-order valence-corrected chi connectivity index (χ2v) is 8.59. The number of H-pyrrole nitrogens is 1. The molecule has 1 N–H and O–H groups in total. The summed E-state index contributed by atoms with van der Waals surface area (Å²) in [4.78, 5) is 7.28. The zero-order valence-electron chi connectivity index (χ0n) is 15.1. The molecule has 1 aliphatic carbocycles. The van der Waals surface area contributed by atoms with Gasteiger partial charge in [-0.15, -0.1) is 0 Å². The largest absolute Gasteiger partial charge is 0.345 e. The van der Waals surface area contributed by atoms with E-state index in [4.69, 9.17) is 0 Å². The molecule has 0 aliphatic heterocycles. The fraction of sp³-hybridized carbons (Fsp3) is 0.190. The van der Waals surface area contributed by atoms with Gasteiger partial charge in [-0.1, -0.05) is 48.5 Å². The summed E-state index contributed by atoms with van der Waals surface area (Å²) in [5.74, 6) is 0. The number of aromatic amines is 1. The number of benzene rings is 2. The molecule has 4 rings (SSSR count). The first-order valence-electron chi connectivity index (χ1n) is 8.87. The van der Waals surface area contributed by atoms with Crippen LogP contribution in [-0.2, 0) is 23.0 Å². The molecule has 3 aromatic rings. The fourth-order valence-corrected chi connectivity index (χ4v) is 4.49. The number of allylic oxidation sites excluding steroid dienone is 1. The van der Waals surface area contributed by atoms with Crippen LogP contribution in [-0.4, -0.2) is 24.6 Å². The number of imidazole rings is 1. The zero-order chi connectivity index (χ0) is 18.9. The van der Waals surface area contributed by atoms with Crippen LogP contribution in [0.4, 0.5) is 5.69 Å². The van der Waals surface area contributed by atoms with Crippen molar-refractivity contribution in [2.45, 2.75) is 19.4 Å². The Morgan fingerprint density at radius 1 is 1.11 bits per heavy atom. The standard InChI is InChI=1S/C21H21N3O2S/c1-27(25,26)24(14-16-7-3-2-4-8-16)21-12-6-9-17-18(10-5-11-19(17)21)20-13-22-15-23-20/h2-4,6-10,12-13,15H,5,11,14H2,1H3,(H,22,23). The van der Waals surface area contributed by atoms with Gasteiger partial charge in [-0.3, -0.25) is 4.31 Å². The maximum Gasteiger partial charge on any atom is 0.232 e. The van der Waals surface area contributed by atoms with E-state index in [1.165, 1.54) is 10.6 Å². The van der Waals surface area contributed by atoms with Crippen molar-refractivity contribution in [3.05, 3.63) is 89.5 Å². The third-order valence-electron chi connectivity index (χ3n) is 4.81. The zero-order valence-corrected chi connectivity index (χ0v) is 15.9. The van der Waals surface area contributed by atoms with Crippen LogP contribution >= 0.6 is 0 Å². The van der Waals surface area contributed by atoms with E-state index in [9.17, 15) is 8.42 Å². The van der Waals surface area contributed by atoms with Crippen molar-refractivity contribution in [2.24, 2.45) is 0 Å². The molecule has 1 heterocycles. The van der Waals surface area contributed by atoms with Crippen molar-refractivity contribution in [1.82, 2.24) is 9.97 Å². The molecule has 1 aliphatic rings. The highest BCUT2D eigenvalue weighted by molar-refractivity contribution is 7.92. The smallest absolute Gasteiger partial charge is 0.232 e. The van der Waals surface area contributed by atoms with Crippen LogP contribution < -0.4 is 4.31 Å². The van der Waals surface area contributed by atoms with E-state index in [0.717, 1.165) is 46.5 Å². The highest BCUT2D eigenvalue weighted by atomic mass is 32.2. The molecule has 0 unspecified atom stereocenters. The second kappa shape index (κ2) is 7.04. The van der Waals surface area contributed by atoms with Crippen LogP contribution in [0.5, 0.6) is 0 Å². The van der Waals surface area contributed by atoms with Crippen LogP contribution in [0, 0.1) is 0 Å². The van der Waals surface area contributed by atoms with Gasteiger partial charge in [0.15, 0.2) is 0 Å². The van der Waals surface area contributed by atoms with Gasteiger partial charge in [-0.2, -0.15) is 0 Å². The minimum atomic E-state index is -3.43. The van der Waals surface area contributed by atoms with Gasteiger partial charge in [0.1, 0.15) is 0 Å². The predicted molar refractivity (Wildman–Crippen MR) is 108 cm³/mol. The van der Waals surface area contributed by atoms with E-state index in [1.807, 2.05) is 48.5 Å². The lowest BCUT2D eigenvalue weighted by atomic mass is 9.88. The normalized spacial score (nSPS) is 13.7. The molecule has 0 saturated carbocycles. The Bertz CT molecular complexity index is 1070. The number of hydrogen-bond donors (Lipinski definition) is 1. The third kappa shape index (κ3) is 3.53. The number of nitrogens with zero attached hydrogens (tertiary/aromatic N) is 2. The molecule has 138 valence electrons. The first-order valence-corrected chi connectivity index (χ1v) is 10.7. The van der Waals surface area contributed by atoms with Crippen LogP contribution in [0.25, 0.3) is 5.57 Å². The molecule has 27 heavy (non-hydrogen) atoms. The van der Waals surface area contributed by atoms with Gasteiger partial charge < -0.3 is 4.98 Å². The number of nitrogens with one attached hydrogen (secondary N) is 1. The minimum absolute atomic E-state index is 0.319. The van der Waals surface area contributed by atoms with E-state index in [-0.39, 0.29) is 0 Å². The van der Waals surface area contributed by atoms with Crippen molar-refractivity contribution in [3.8, 4) is 0 Å². The van der Waals surface area contributed by atoms with Gasteiger partial charge in [0.25, 0.3) is 0 Å². The average molecular weight is 379 g/mol. The molecule has 0 fully saturated rings. The molecule has 6 heteroatoms. The molecular weight excluding hydrogens is 358 g/mol. The number of hydrogen-bond acceptors (Lipinski definition) is 3. The Labute approximate surface area is 159 Å². The van der Waals surface area contributed by atoms with Crippen molar-refractivity contribution in [1.29, 1.82) is 0 Å². The topological polar surface area (TPSA) is 66.1 Å². The number of anilines is 1. The van der Waals surface area contributed by atoms with Gasteiger partial charge in [-0.25, -0.2) is 13.4 Å². The molecular formula is C21H21N3O2S. The van der Waals surface area contributed by atoms with Crippen LogP contribution in [0.3, 0.4) is 0 Å². The van der Waals surface area contributed by atoms with Crippen LogP contribution in [0.2, 0.25) is 0 Å². The molecule has 0 spiro atoms. The summed E-state index contributed by atoms with van der Waals surface area (Å²) in [7, 11) is -3.43. The molecule has 0 saturated heterocycles. The van der Waals surface area contributed by atoms with Crippen LogP contribution in [0.15, 0.2) is 67.1 Å². The monoisotopic (exact) mass is 379 g/mol. The molecule has 5 nitrogen and oxygen atoms in total. The summed E-state index contributed by atoms with van der Waals surface area (Å²) in [6.45, 7) is 0.319. The fourth-order valence-electron chi connectivity index (χ4n) is 3.58. The van der Waals surface area contributed by atoms with Crippen molar-refractivity contribution >= 4 is 21.3 Å². The lowest BCUT2D eigenvalue weighted by Crippen LogP contribution is -2.30. The summed E-state index contributed by atoms with van der Waals surface area (Å²) in [5.41, 5.74) is 5.85. The minimum Gasteiger partial charge on any atom is -0.345 e. The number of rotatable bonds is 5. The second-order valence-electron chi connectivity index (χ2n) is 6.68. The van der Waals surface area contributed by atoms with Gasteiger partial charge in [0, 0.05) is 5.57 Å². The molecule has 0 atom stereocenters. The quantitative estimate of drug-likeness (QED) is 0.734. The number of fused-ring (bicyclic) bond motifs is 1. The summed E-state index contributed by atoms with van der Waals surface area (Å²) in [5, 5.41) is 0. The first-order chi connectivity index (χ1) is 13.0. The van der Waals surface area contributed by atoms with Crippen molar-refractivity contribution in [2.75, 3.05) is 10.6 Å². The van der Waals surface area contributed by atoms with Gasteiger partial charge in [-0.05, 0) is 35.6 Å². The molecule has 0 amide bonds. The Balaban J connectivity index is 1.81. The van der Waals surface area contributed by atoms with E-state index >= 15 is 0 Å². The summed E-state index contributed by atoms with van der Waals surface area (Å²) in [6.07, 6.45) is 8.58. The highest BCUT2D eigenvalue weighted by Gasteiger charge is 2.25. The van der Waals surface area contributed by atoms with Gasteiger partial charge in [0.2, 0.25) is 10.0 Å². The molecule has 2 aromatic carbocycles. The molecule has 0 radical (unpaired) electrons. The van der Waals surface area contributed by atoms with E-state index in [1.54, 1.807) is 12.5 Å². The van der Waals surface area contributed by atoms with Gasteiger partial charge >= 0.3 is 0 Å². The first kappa shape index (κ1) is 17.5. The lowest BCUT2D eigenvalue weighted by molar-refractivity contribution is 0.596. The van der Waals surface area contributed by atoms with E-state index in [0.29, 0.717) is 6.54 Å². The summed E-state index contributed by atoms with van der Waals surface area (Å²) in [6, 6.07) is 15.6. The lowest BCUT2D eigenvalue weighted by Gasteiger charge is -2.28. The summed E-state index contributed by atoms with van der Waals surface area (Å²) >= 11 is 0. The average Bonchev–Trinajstić information content (AvgIpc) is 3.20. The summed E-state index contributed by atoms with van der Waals surface area (Å²) < 4.78 is 26.8. The highest BCUT2D eigenvalue weighted by Crippen LogP contribution is 2.37. The predicted octanol–water partition coefficient (Wildman–Crippen LogP) is 3.75. The maximum atomic E-state index is 12.6. The maximum absolute atomic E-state index is 12.6. The number of sulfonamides is 1. The van der Waals surface area contributed by atoms with Crippen molar-refractivity contribution in [3.63, 3.8) is 0 Å². The van der Waals surface area contributed by atoms with Gasteiger partial charge in [0.05, 0.1) is 36.7 Å². The Kier molecular flexibility index (Phi) is 4.58. The Hall–Kier alpha value is -2.86. The molecule has 1 aromatic heterocycles. The SMILES string of the molecule is CS(=O)(=O)N(Cc1ccccc1)c1cccc2c1CCC=C2c1cnc[nH]1.